The second-order valence-corrected chi connectivity index (χ2v) is 30.5. The molecule has 0 bridgehead atoms. The van der Waals surface area contributed by atoms with E-state index in [1.807, 2.05) is 43.2 Å². The van der Waals surface area contributed by atoms with E-state index in [4.69, 9.17) is 18.9 Å². The first-order valence-corrected chi connectivity index (χ1v) is 39.7. The fraction of sp³-hybridized carbons (Fsp3) is 0.930. The Balaban J connectivity index is 5.40. The molecular weight excluding hydrogens is 1110 g/mol. The van der Waals surface area contributed by atoms with Crippen LogP contribution >= 0.6 is 86.4 Å². The van der Waals surface area contributed by atoms with Gasteiger partial charge in [-0.3, -0.25) is 19.2 Å². The summed E-state index contributed by atoms with van der Waals surface area (Å²) in [5.41, 5.74) is 0. The number of ether oxygens (including phenoxy) is 4. The number of likely N-dealkylation sites (N-methyl/N-ethyl adjacent to an activating group) is 1. The molecule has 0 aliphatic heterocycles. The molecule has 0 fully saturated rings. The lowest BCUT2D eigenvalue weighted by Crippen LogP contribution is -2.40. The lowest BCUT2D eigenvalue weighted by Gasteiger charge is -2.27. The molecule has 19 heteroatoms. The third-order valence-electron chi connectivity index (χ3n) is 13.6. The van der Waals surface area contributed by atoms with Crippen molar-refractivity contribution in [2.45, 2.75) is 184 Å². The van der Waals surface area contributed by atoms with E-state index in [9.17, 15) is 19.2 Å². The van der Waals surface area contributed by atoms with Crippen LogP contribution in [0.4, 0.5) is 0 Å². The predicted octanol–water partition coefficient (Wildman–Crippen LogP) is 15.6. The summed E-state index contributed by atoms with van der Waals surface area (Å²) in [6, 6.07) is 0. The number of carbonyl (C=O) groups excluding carboxylic acids is 4. The highest BCUT2D eigenvalue weighted by Gasteiger charge is 2.18. The van der Waals surface area contributed by atoms with Gasteiger partial charge in [0.2, 0.25) is 0 Å². The van der Waals surface area contributed by atoms with Gasteiger partial charge in [0.25, 0.3) is 0 Å². The van der Waals surface area contributed by atoms with Crippen LogP contribution in [0.1, 0.15) is 184 Å². The highest BCUT2D eigenvalue weighted by molar-refractivity contribution is 8.77. The number of rotatable bonds is 58. The third-order valence-corrected chi connectivity index (χ3v) is 23.6. The zero-order valence-electron chi connectivity index (χ0n) is 49.5. The molecule has 76 heavy (non-hydrogen) atoms. The zero-order chi connectivity index (χ0) is 56.1. The Kier molecular flexibility index (Phi) is 57.8. The van der Waals surface area contributed by atoms with Gasteiger partial charge in [0.1, 0.15) is 26.4 Å². The van der Waals surface area contributed by atoms with E-state index in [0.717, 1.165) is 69.7 Å². The van der Waals surface area contributed by atoms with Gasteiger partial charge < -0.3 is 33.6 Å². The number of nitrogens with zero attached hydrogens (tertiary/aromatic N) is 3. The quantitative estimate of drug-likeness (QED) is 0.0249. The summed E-state index contributed by atoms with van der Waals surface area (Å²) in [5.74, 6) is 9.71. The summed E-state index contributed by atoms with van der Waals surface area (Å²) >= 11 is 0. The third kappa shape index (κ3) is 49.2. The van der Waals surface area contributed by atoms with Crippen LogP contribution in [0.2, 0.25) is 0 Å². The van der Waals surface area contributed by atoms with Crippen molar-refractivity contribution < 1.29 is 38.1 Å². The molecule has 4 unspecified atom stereocenters. The minimum absolute atomic E-state index is 0.218. The van der Waals surface area contributed by atoms with E-state index in [1.165, 1.54) is 103 Å². The Morgan fingerprint density at radius 3 is 0.789 bits per heavy atom. The van der Waals surface area contributed by atoms with Gasteiger partial charge in [0, 0.05) is 98.4 Å². The molecule has 0 aliphatic carbocycles. The Hall–Kier alpha value is 0.560. The number of hydrogen-bond donors (Lipinski definition) is 0. The molecular formula is C57H111N3O8S8. The van der Waals surface area contributed by atoms with Crippen LogP contribution in [0.5, 0.6) is 0 Å². The molecule has 0 amide bonds. The van der Waals surface area contributed by atoms with Crippen molar-refractivity contribution in [1.29, 1.82) is 0 Å². The van der Waals surface area contributed by atoms with Gasteiger partial charge in [-0.1, -0.05) is 219 Å². The van der Waals surface area contributed by atoms with E-state index in [1.54, 1.807) is 43.2 Å². The Labute approximate surface area is 498 Å². The van der Waals surface area contributed by atoms with E-state index >= 15 is 0 Å². The van der Waals surface area contributed by atoms with Crippen molar-refractivity contribution >= 4 is 110 Å². The van der Waals surface area contributed by atoms with Crippen LogP contribution in [-0.4, -0.2) is 170 Å². The molecule has 0 radical (unpaired) electrons. The first kappa shape index (κ1) is 76.6. The van der Waals surface area contributed by atoms with Crippen molar-refractivity contribution in [2.75, 3.05) is 132 Å². The molecule has 450 valence electrons. The first-order chi connectivity index (χ1) is 37.0. The summed E-state index contributed by atoms with van der Waals surface area (Å²) in [7, 11) is 16.7. The standard InChI is InChI=1S/C57H111N3O8S8/c1-10-18-22-50(14-5)46-73-69-42-38-65-54(61)26-30-59(31-27-55(62)66-39-43-70-74-47-51(15-6)23-19-11-2)36-34-58(9)35-37-60(32-28-56(63)67-40-44-71-75-48-52(16-7)24-20-12-3)33-29-57(64)68-41-45-72-76-49-53(17-8)25-21-13-4/h50-53H,10-49H2,1-9H3. The van der Waals surface area contributed by atoms with E-state index < -0.39 is 0 Å². The van der Waals surface area contributed by atoms with Gasteiger partial charge in [-0.05, 0) is 56.4 Å². The molecule has 0 heterocycles. The average Bonchev–Trinajstić information content (AvgIpc) is 3.42. The van der Waals surface area contributed by atoms with Crippen molar-refractivity contribution in [3.8, 4) is 0 Å². The SMILES string of the molecule is CCCCC(CC)CSSCCOC(=O)CCN(CCC(=O)OCCSSCC(CC)CCCC)CCN(C)CCN(CCC(=O)OCCSSCC(CC)CCCC)CCC(=O)OCCSSCC(CC)CCCC. The smallest absolute Gasteiger partial charge is 0.307 e. The van der Waals surface area contributed by atoms with E-state index in [0.29, 0.717) is 78.8 Å². The number of esters is 4. The summed E-state index contributed by atoms with van der Waals surface area (Å²) in [6.07, 6.45) is 21.0. The topological polar surface area (TPSA) is 115 Å². The van der Waals surface area contributed by atoms with Gasteiger partial charge in [-0.2, -0.15) is 0 Å². The number of carbonyl (C=O) groups is 4. The Bertz CT molecular complexity index is 1170. The van der Waals surface area contributed by atoms with Gasteiger partial charge in [-0.15, -0.1) is 0 Å². The monoisotopic (exact) mass is 1220 g/mol. The second-order valence-electron chi connectivity index (χ2n) is 20.0. The highest BCUT2D eigenvalue weighted by atomic mass is 33.1. The maximum absolute atomic E-state index is 12.9. The van der Waals surface area contributed by atoms with Gasteiger partial charge in [-0.25, -0.2) is 0 Å². The van der Waals surface area contributed by atoms with Crippen LogP contribution in [-0.2, 0) is 38.1 Å². The first-order valence-electron chi connectivity index (χ1n) is 29.7. The van der Waals surface area contributed by atoms with Crippen LogP contribution in [0.15, 0.2) is 0 Å². The molecule has 0 aliphatic rings. The van der Waals surface area contributed by atoms with Gasteiger partial charge in [0.15, 0.2) is 0 Å². The van der Waals surface area contributed by atoms with Crippen molar-refractivity contribution in [3.05, 3.63) is 0 Å². The molecule has 0 aromatic rings. The Morgan fingerprint density at radius 1 is 0.342 bits per heavy atom. The largest absolute Gasteiger partial charge is 0.465 e. The highest BCUT2D eigenvalue weighted by Crippen LogP contribution is 2.30. The van der Waals surface area contributed by atoms with Crippen molar-refractivity contribution in [2.24, 2.45) is 23.7 Å². The van der Waals surface area contributed by atoms with Crippen LogP contribution in [0.25, 0.3) is 0 Å². The molecule has 0 aromatic heterocycles. The second kappa shape index (κ2) is 57.4. The number of unbranched alkanes of at least 4 members (excludes halogenated alkanes) is 4. The minimum Gasteiger partial charge on any atom is -0.465 e. The van der Waals surface area contributed by atoms with Gasteiger partial charge >= 0.3 is 23.9 Å². The van der Waals surface area contributed by atoms with Crippen LogP contribution < -0.4 is 0 Å². The molecule has 0 aromatic carbocycles. The minimum atomic E-state index is -0.218. The average molecular weight is 1220 g/mol. The lowest BCUT2D eigenvalue weighted by molar-refractivity contribution is -0.145. The number of hydrogen-bond acceptors (Lipinski definition) is 19. The molecule has 0 rings (SSSR count). The van der Waals surface area contributed by atoms with E-state index in [2.05, 4.69) is 77.1 Å². The van der Waals surface area contributed by atoms with Crippen molar-refractivity contribution in [3.63, 3.8) is 0 Å². The summed E-state index contributed by atoms with van der Waals surface area (Å²) < 4.78 is 22.6. The van der Waals surface area contributed by atoms with Gasteiger partial charge in [0.05, 0.1) is 25.7 Å². The Morgan fingerprint density at radius 2 is 0.579 bits per heavy atom. The lowest BCUT2D eigenvalue weighted by atomic mass is 10.0. The van der Waals surface area contributed by atoms with Crippen LogP contribution in [0, 0.1) is 23.7 Å². The summed E-state index contributed by atoms with van der Waals surface area (Å²) in [5, 5.41) is 0. The summed E-state index contributed by atoms with van der Waals surface area (Å²) in [6.45, 7) is 24.3. The maximum Gasteiger partial charge on any atom is 0.307 e. The van der Waals surface area contributed by atoms with E-state index in [-0.39, 0.29) is 49.6 Å². The molecule has 11 nitrogen and oxygen atoms in total. The molecule has 4 atom stereocenters. The maximum atomic E-state index is 12.9. The zero-order valence-corrected chi connectivity index (χ0v) is 56.0. The predicted molar refractivity (Wildman–Crippen MR) is 346 cm³/mol. The fourth-order valence-corrected chi connectivity index (χ4v) is 17.4. The molecule has 0 saturated carbocycles. The molecule has 0 N–H and O–H groups in total. The fourth-order valence-electron chi connectivity index (χ4n) is 7.86. The van der Waals surface area contributed by atoms with Crippen molar-refractivity contribution in [1.82, 2.24) is 14.7 Å². The normalized spacial score (nSPS) is 13.3. The van der Waals surface area contributed by atoms with Crippen LogP contribution in [0.3, 0.4) is 0 Å². The molecule has 0 saturated heterocycles. The molecule has 0 spiro atoms. The summed E-state index contributed by atoms with van der Waals surface area (Å²) in [4.78, 5) is 58.3.